The normalized spacial score (nSPS) is 10.8. The van der Waals surface area contributed by atoms with E-state index in [2.05, 4.69) is 10.6 Å². The quantitative estimate of drug-likeness (QED) is 0.104. The van der Waals surface area contributed by atoms with Crippen LogP contribution in [0.5, 0.6) is 0 Å². The maximum Gasteiger partial charge on any atom is 0.339 e. The van der Waals surface area contributed by atoms with Gasteiger partial charge < -0.3 is 25.8 Å². The number of methoxy groups -OCH3 is 1. The van der Waals surface area contributed by atoms with Gasteiger partial charge in [0.2, 0.25) is 0 Å². The Balaban J connectivity index is 1.68. The molecule has 0 unspecified atom stereocenters. The summed E-state index contributed by atoms with van der Waals surface area (Å²) in [7, 11) is 1.28. The second-order valence-electron chi connectivity index (χ2n) is 10.9. The predicted molar refractivity (Wildman–Crippen MR) is 171 cm³/mol. The smallest absolute Gasteiger partial charge is 0.339 e. The van der Waals surface area contributed by atoms with Gasteiger partial charge in [-0.1, -0.05) is 54.6 Å². The van der Waals surface area contributed by atoms with Crippen molar-refractivity contribution in [2.24, 2.45) is 11.1 Å². The Labute approximate surface area is 261 Å². The molecule has 0 fully saturated rings. The van der Waals surface area contributed by atoms with E-state index in [4.69, 9.17) is 20.6 Å². The summed E-state index contributed by atoms with van der Waals surface area (Å²) < 4.78 is 10.5. The summed E-state index contributed by atoms with van der Waals surface area (Å²) in [4.78, 5) is 52.2. The van der Waals surface area contributed by atoms with Crippen molar-refractivity contribution >= 4 is 35.3 Å². The van der Waals surface area contributed by atoms with Gasteiger partial charge in [0.25, 0.3) is 11.8 Å². The fraction of sp³-hybridized carbons (Fsp3) is 0.171. The number of nitrogen functional groups attached to an aromatic ring is 1. The van der Waals surface area contributed by atoms with Crippen molar-refractivity contribution in [3.63, 3.8) is 0 Å². The lowest BCUT2D eigenvalue weighted by Crippen LogP contribution is -2.39. The van der Waals surface area contributed by atoms with E-state index in [0.29, 0.717) is 22.4 Å². The molecule has 0 aliphatic rings. The number of amidine groups is 1. The summed E-state index contributed by atoms with van der Waals surface area (Å²) in [5, 5.41) is 13.1. The van der Waals surface area contributed by atoms with Gasteiger partial charge in [0, 0.05) is 28.9 Å². The van der Waals surface area contributed by atoms with Crippen molar-refractivity contribution in [1.82, 2.24) is 5.32 Å². The van der Waals surface area contributed by atoms with E-state index in [-0.39, 0.29) is 35.7 Å². The molecular weight excluding hydrogens is 572 g/mol. The number of carbonyl (C=O) groups is 4. The summed E-state index contributed by atoms with van der Waals surface area (Å²) in [6, 6.07) is 27.0. The zero-order valence-corrected chi connectivity index (χ0v) is 25.2. The van der Waals surface area contributed by atoms with E-state index in [1.165, 1.54) is 13.2 Å². The monoisotopic (exact) mass is 606 g/mol. The number of nitrogens with one attached hydrogen (secondary N) is 3. The number of anilines is 1. The highest BCUT2D eigenvalue weighted by molar-refractivity contribution is 6.11. The number of esters is 2. The average Bonchev–Trinajstić information content (AvgIpc) is 3.06. The second kappa shape index (κ2) is 14.1. The Kier molecular flexibility index (Phi) is 10.1. The van der Waals surface area contributed by atoms with Crippen LogP contribution in [0.15, 0.2) is 97.1 Å². The van der Waals surface area contributed by atoms with E-state index < -0.39 is 29.2 Å². The van der Waals surface area contributed by atoms with E-state index in [0.717, 1.165) is 5.56 Å². The molecule has 5 N–H and O–H groups in total. The number of rotatable bonds is 11. The molecule has 0 saturated heterocycles. The third kappa shape index (κ3) is 7.99. The third-order valence-corrected chi connectivity index (χ3v) is 7.06. The van der Waals surface area contributed by atoms with Gasteiger partial charge in [-0.3, -0.25) is 19.8 Å². The Morgan fingerprint density at radius 1 is 0.778 bits per heavy atom. The lowest BCUT2D eigenvalue weighted by atomic mass is 9.92. The molecule has 0 aliphatic heterocycles. The molecule has 0 aromatic heterocycles. The van der Waals surface area contributed by atoms with Crippen molar-refractivity contribution in [1.29, 1.82) is 5.41 Å². The molecule has 0 aliphatic carbocycles. The highest BCUT2D eigenvalue weighted by Gasteiger charge is 2.29. The minimum absolute atomic E-state index is 0.00124. The minimum atomic E-state index is -0.972. The molecule has 0 heterocycles. The maximum atomic E-state index is 13.5. The molecule has 0 bridgehead atoms. The summed E-state index contributed by atoms with van der Waals surface area (Å²) in [6.45, 7) is 3.30. The lowest BCUT2D eigenvalue weighted by molar-refractivity contribution is -0.150. The van der Waals surface area contributed by atoms with Gasteiger partial charge in [0.15, 0.2) is 0 Å². The van der Waals surface area contributed by atoms with E-state index in [1.807, 2.05) is 30.3 Å². The molecule has 4 aromatic rings. The number of ether oxygens (including phenoxy) is 2. The Morgan fingerprint density at radius 2 is 1.40 bits per heavy atom. The van der Waals surface area contributed by atoms with E-state index >= 15 is 0 Å². The number of nitrogens with two attached hydrogens (primary N) is 1. The molecule has 4 rings (SSSR count). The van der Waals surface area contributed by atoms with Crippen LogP contribution in [0.25, 0.3) is 11.1 Å². The van der Waals surface area contributed by atoms with Crippen LogP contribution in [0.1, 0.15) is 56.0 Å². The van der Waals surface area contributed by atoms with Crippen LogP contribution in [0, 0.1) is 10.8 Å². The SMILES string of the molecule is COC(=O)C(C)(C)CNC(=O)c1ccc(-c2ccccc2C(=O)Nc2ccc(C(=N)N)cc2)c(C(=O)OCc2ccccc2)c1. The Bertz CT molecular complexity index is 1730. The van der Waals surface area contributed by atoms with Gasteiger partial charge in [-0.05, 0) is 73.0 Å². The molecule has 0 spiro atoms. The number of hydrogen-bond acceptors (Lipinski definition) is 7. The van der Waals surface area contributed by atoms with E-state index in [1.54, 1.807) is 74.5 Å². The van der Waals surface area contributed by atoms with Gasteiger partial charge in [-0.15, -0.1) is 0 Å². The zero-order chi connectivity index (χ0) is 32.6. The largest absolute Gasteiger partial charge is 0.469 e. The van der Waals surface area contributed by atoms with Crippen LogP contribution in [0.4, 0.5) is 5.69 Å². The molecule has 10 heteroatoms. The van der Waals surface area contributed by atoms with Crippen molar-refractivity contribution < 1.29 is 28.7 Å². The van der Waals surface area contributed by atoms with Crippen LogP contribution in [-0.2, 0) is 20.9 Å². The minimum Gasteiger partial charge on any atom is -0.469 e. The van der Waals surface area contributed by atoms with Crippen molar-refractivity contribution in [2.45, 2.75) is 20.5 Å². The van der Waals surface area contributed by atoms with Crippen LogP contribution >= 0.6 is 0 Å². The van der Waals surface area contributed by atoms with Gasteiger partial charge in [-0.2, -0.15) is 0 Å². The standard InChI is InChI=1S/C35H34N4O6/c1-35(2,34(43)44-3)21-38-31(40)24-15-18-27(29(19-24)33(42)45-20-22-9-5-4-6-10-22)26-11-7-8-12-28(26)32(41)39-25-16-13-23(14-17-25)30(36)37/h4-19H,20-21H2,1-3H3,(H3,36,37)(H,38,40)(H,39,41). The first-order valence-corrected chi connectivity index (χ1v) is 14.1. The fourth-order valence-electron chi connectivity index (χ4n) is 4.49. The third-order valence-electron chi connectivity index (χ3n) is 7.06. The summed E-state index contributed by atoms with van der Waals surface area (Å²) in [5.74, 6) is -2.19. The summed E-state index contributed by atoms with van der Waals surface area (Å²) >= 11 is 0. The highest BCUT2D eigenvalue weighted by Crippen LogP contribution is 2.30. The van der Waals surface area contributed by atoms with Gasteiger partial charge in [0.1, 0.15) is 12.4 Å². The fourth-order valence-corrected chi connectivity index (χ4v) is 4.49. The maximum absolute atomic E-state index is 13.5. The van der Waals surface area contributed by atoms with Gasteiger partial charge >= 0.3 is 11.9 Å². The zero-order valence-electron chi connectivity index (χ0n) is 25.2. The van der Waals surface area contributed by atoms with Crippen molar-refractivity contribution in [2.75, 3.05) is 19.0 Å². The van der Waals surface area contributed by atoms with Crippen molar-refractivity contribution in [3.8, 4) is 11.1 Å². The number of hydrogen-bond donors (Lipinski definition) is 4. The van der Waals surface area contributed by atoms with Crippen molar-refractivity contribution in [3.05, 3.63) is 125 Å². The van der Waals surface area contributed by atoms with Crippen LogP contribution in [0.3, 0.4) is 0 Å². The topological polar surface area (TPSA) is 161 Å². The Hall–Kier alpha value is -5.77. The number of amides is 2. The van der Waals surface area contributed by atoms with Gasteiger partial charge in [-0.25, -0.2) is 4.79 Å². The average molecular weight is 607 g/mol. The number of benzene rings is 4. The molecule has 230 valence electrons. The second-order valence-corrected chi connectivity index (χ2v) is 10.9. The summed E-state index contributed by atoms with van der Waals surface area (Å²) in [5.41, 5.74) is 7.70. The first kappa shape index (κ1) is 32.2. The summed E-state index contributed by atoms with van der Waals surface area (Å²) in [6.07, 6.45) is 0. The molecule has 10 nitrogen and oxygen atoms in total. The van der Waals surface area contributed by atoms with Crippen LogP contribution in [-0.4, -0.2) is 43.2 Å². The van der Waals surface area contributed by atoms with Crippen LogP contribution < -0.4 is 16.4 Å². The highest BCUT2D eigenvalue weighted by atomic mass is 16.5. The Morgan fingerprint density at radius 3 is 2.07 bits per heavy atom. The van der Waals surface area contributed by atoms with Crippen LogP contribution in [0.2, 0.25) is 0 Å². The lowest BCUT2D eigenvalue weighted by Gasteiger charge is -2.22. The molecule has 0 radical (unpaired) electrons. The molecule has 0 saturated carbocycles. The molecular formula is C35H34N4O6. The first-order valence-electron chi connectivity index (χ1n) is 14.1. The number of carbonyl (C=O) groups excluding carboxylic acids is 4. The molecule has 2 amide bonds. The first-order chi connectivity index (χ1) is 21.5. The molecule has 45 heavy (non-hydrogen) atoms. The predicted octanol–water partition coefficient (Wildman–Crippen LogP) is 5.18. The molecule has 0 atom stereocenters. The van der Waals surface area contributed by atoms with E-state index in [9.17, 15) is 19.2 Å². The molecule has 4 aromatic carbocycles. The van der Waals surface area contributed by atoms with Gasteiger partial charge in [0.05, 0.1) is 18.1 Å².